The van der Waals surface area contributed by atoms with Gasteiger partial charge in [0.05, 0.1) is 0 Å². The lowest BCUT2D eigenvalue weighted by Crippen LogP contribution is -2.35. The first kappa shape index (κ1) is 38.5. The van der Waals surface area contributed by atoms with Crippen molar-refractivity contribution in [2.24, 2.45) is 11.7 Å². The zero-order valence-electron chi connectivity index (χ0n) is 26.5. The van der Waals surface area contributed by atoms with Crippen LogP contribution in [0.1, 0.15) is 96.1 Å². The number of nitrogens with two attached hydrogens (primary N) is 1. The number of ether oxygens (including phenoxy) is 1. The number of rotatable bonds is 11. The van der Waals surface area contributed by atoms with Gasteiger partial charge in [-0.05, 0) is 115 Å². The van der Waals surface area contributed by atoms with Gasteiger partial charge in [-0.3, -0.25) is 4.79 Å². The zero-order valence-corrected chi connectivity index (χ0v) is 26.5. The molecule has 0 saturated heterocycles. The predicted molar refractivity (Wildman–Crippen MR) is 166 cm³/mol. The van der Waals surface area contributed by atoms with E-state index in [-0.39, 0.29) is 17.3 Å². The van der Waals surface area contributed by atoms with Crippen LogP contribution in [-0.2, 0) is 19.7 Å². The molecule has 0 spiro atoms. The van der Waals surface area contributed by atoms with Gasteiger partial charge in [-0.2, -0.15) is 0 Å². The number of carbonyl (C=O) groups is 3. The van der Waals surface area contributed by atoms with Gasteiger partial charge in [0, 0.05) is 19.6 Å². The minimum absolute atomic E-state index is 0.0872. The lowest BCUT2D eigenvalue weighted by Gasteiger charge is -2.21. The molecule has 2 amide bonds. The average molecular weight is 581 g/mol. The number of likely N-dealkylation sites (N-methyl/N-ethyl adjacent to an activating group) is 1. The molecule has 3 rings (SSSR count). The molecule has 8 nitrogen and oxygen atoms in total. The van der Waals surface area contributed by atoms with E-state index in [1.807, 2.05) is 33.6 Å². The van der Waals surface area contributed by atoms with Crippen LogP contribution in [0.3, 0.4) is 0 Å². The Labute approximate surface area is 248 Å². The summed E-state index contributed by atoms with van der Waals surface area (Å²) in [4.78, 5) is 31.9. The summed E-state index contributed by atoms with van der Waals surface area (Å²) in [5, 5.41) is 5.55. The van der Waals surface area contributed by atoms with Gasteiger partial charge >= 0.3 is 6.09 Å². The summed E-state index contributed by atoms with van der Waals surface area (Å²) in [7, 11) is 3.57. The number of nitrogens with zero attached hydrogens (tertiary/aromatic N) is 1. The molecule has 1 aromatic carbocycles. The van der Waals surface area contributed by atoms with Crippen LogP contribution in [0.25, 0.3) is 0 Å². The summed E-state index contributed by atoms with van der Waals surface area (Å²) in [6.07, 6.45) is 12.8. The number of alkyl carbamates (subject to hydrolysis) is 1. The van der Waals surface area contributed by atoms with Gasteiger partial charge in [0.1, 0.15) is 18.2 Å². The number of carbonyl (C=O) groups excluding carboxylic acids is 3. The maximum atomic E-state index is 13.7. The highest BCUT2D eigenvalue weighted by Crippen LogP contribution is 2.51. The second-order valence-electron chi connectivity index (χ2n) is 12.0. The molecule has 2 saturated carbocycles. The molecule has 0 atom stereocenters. The van der Waals surface area contributed by atoms with E-state index >= 15 is 0 Å². The Balaban J connectivity index is 0.000000717. The van der Waals surface area contributed by atoms with E-state index in [9.17, 15) is 14.0 Å². The van der Waals surface area contributed by atoms with Crippen molar-refractivity contribution in [1.29, 1.82) is 0 Å². The van der Waals surface area contributed by atoms with E-state index in [4.69, 9.17) is 9.53 Å². The van der Waals surface area contributed by atoms with Crippen molar-refractivity contribution in [2.75, 3.05) is 40.3 Å². The van der Waals surface area contributed by atoms with Crippen molar-refractivity contribution >= 4 is 19.3 Å². The predicted octanol–water partition coefficient (Wildman–Crippen LogP) is 5.50. The Morgan fingerprint density at radius 3 is 2.27 bits per heavy atom. The van der Waals surface area contributed by atoms with Crippen molar-refractivity contribution < 1.29 is 23.5 Å². The van der Waals surface area contributed by atoms with E-state index in [1.54, 1.807) is 13.0 Å². The molecule has 0 heterocycles. The first-order chi connectivity index (χ1) is 19.5. The zero-order chi connectivity index (χ0) is 31.3. The molecule has 0 unspecified atom stereocenters. The van der Waals surface area contributed by atoms with E-state index in [1.165, 1.54) is 58.4 Å². The van der Waals surface area contributed by atoms with Crippen LogP contribution < -0.4 is 16.4 Å². The van der Waals surface area contributed by atoms with E-state index in [2.05, 4.69) is 34.4 Å². The van der Waals surface area contributed by atoms with E-state index in [0.29, 0.717) is 12.5 Å². The molecular weight excluding hydrogens is 523 g/mol. The Kier molecular flexibility index (Phi) is 19.9. The largest absolute Gasteiger partial charge is 0.444 e. The summed E-state index contributed by atoms with van der Waals surface area (Å²) in [5.74, 6) is 0.561. The van der Waals surface area contributed by atoms with Crippen molar-refractivity contribution in [3.05, 3.63) is 35.1 Å². The Bertz CT molecular complexity index is 851. The highest BCUT2D eigenvalue weighted by Gasteiger charge is 2.43. The number of benzene rings is 1. The Hall–Kier alpha value is -2.52. The molecule has 9 heteroatoms. The quantitative estimate of drug-likeness (QED) is 0.181. The summed E-state index contributed by atoms with van der Waals surface area (Å²) in [6, 6.07) is 5.70. The molecule has 236 valence electrons. The molecule has 0 radical (unpaired) electrons. The second kappa shape index (κ2) is 21.2. The third-order valence-electron chi connectivity index (χ3n) is 7.46. The lowest BCUT2D eigenvalue weighted by molar-refractivity contribution is -0.109. The molecule has 0 aliphatic heterocycles. The Morgan fingerprint density at radius 2 is 1.76 bits per heavy atom. The SMILES string of the molecule is C=O.CC(C)(C)OC(=O)NCC1CCCCCC1.CN.Cc1ccc(C2(CCCN(C)CCNC=O)CC2)cc1F. The number of hydrogen-bond acceptors (Lipinski definition) is 6. The first-order valence-electron chi connectivity index (χ1n) is 15.0. The van der Waals surface area contributed by atoms with Crippen LogP contribution in [0.2, 0.25) is 0 Å². The third-order valence-corrected chi connectivity index (χ3v) is 7.46. The number of aryl methyl sites for hydroxylation is 1. The van der Waals surface area contributed by atoms with Gasteiger partial charge in [0.25, 0.3) is 0 Å². The highest BCUT2D eigenvalue weighted by atomic mass is 19.1. The fraction of sp³-hybridized carbons (Fsp3) is 0.719. The summed E-state index contributed by atoms with van der Waals surface area (Å²) in [5.41, 5.74) is 6.21. The summed E-state index contributed by atoms with van der Waals surface area (Å²) >= 11 is 0. The van der Waals surface area contributed by atoms with Crippen LogP contribution in [-0.4, -0.2) is 70.1 Å². The molecule has 0 aromatic heterocycles. The smallest absolute Gasteiger partial charge is 0.407 e. The van der Waals surface area contributed by atoms with Crippen LogP contribution in [0, 0.1) is 18.7 Å². The number of nitrogens with one attached hydrogen (secondary N) is 2. The fourth-order valence-corrected chi connectivity index (χ4v) is 4.98. The lowest BCUT2D eigenvalue weighted by atomic mass is 9.90. The minimum Gasteiger partial charge on any atom is -0.444 e. The van der Waals surface area contributed by atoms with Crippen LogP contribution in [0.5, 0.6) is 0 Å². The van der Waals surface area contributed by atoms with Crippen molar-refractivity contribution in [3.63, 3.8) is 0 Å². The molecule has 2 aliphatic carbocycles. The van der Waals surface area contributed by atoms with Crippen molar-refractivity contribution in [3.8, 4) is 0 Å². The maximum Gasteiger partial charge on any atom is 0.407 e. The van der Waals surface area contributed by atoms with E-state index in [0.717, 1.165) is 50.0 Å². The molecular formula is C32H57FN4O4. The fourth-order valence-electron chi connectivity index (χ4n) is 4.98. The molecule has 2 fully saturated rings. The summed E-state index contributed by atoms with van der Waals surface area (Å²) < 4.78 is 18.9. The number of halogens is 1. The van der Waals surface area contributed by atoms with Gasteiger partial charge in [-0.1, -0.05) is 37.8 Å². The normalized spacial score (nSPS) is 15.8. The van der Waals surface area contributed by atoms with Gasteiger partial charge in [-0.15, -0.1) is 0 Å². The molecule has 4 N–H and O–H groups in total. The standard InChI is InChI=1S/C17H25FN2O.C13H25NO2.CH5N.CH2O/c1-14-4-5-15(12-16(14)18)17(7-8-17)6-3-10-20(2)11-9-19-13-21;1-13(2,3)16-12(15)14-10-11-8-6-4-5-7-9-11;2*1-2/h4-5,12-13H,3,6-11H2,1-2H3,(H,19,21);11H,4-10H2,1-3H3,(H,14,15);2H2,1H3;1H2. The highest BCUT2D eigenvalue weighted by molar-refractivity contribution is 5.67. The molecule has 2 aliphatic rings. The first-order valence-corrected chi connectivity index (χ1v) is 15.0. The summed E-state index contributed by atoms with van der Waals surface area (Å²) in [6.45, 7) is 12.8. The van der Waals surface area contributed by atoms with Crippen LogP contribution in [0.15, 0.2) is 18.2 Å². The van der Waals surface area contributed by atoms with E-state index < -0.39 is 5.60 Å². The van der Waals surface area contributed by atoms with Gasteiger partial charge < -0.3 is 30.8 Å². The van der Waals surface area contributed by atoms with Crippen LogP contribution in [0.4, 0.5) is 9.18 Å². The number of amides is 2. The monoisotopic (exact) mass is 580 g/mol. The van der Waals surface area contributed by atoms with Gasteiger partial charge in [0.15, 0.2) is 0 Å². The van der Waals surface area contributed by atoms with Crippen molar-refractivity contribution in [1.82, 2.24) is 15.5 Å². The molecule has 1 aromatic rings. The Morgan fingerprint density at radius 1 is 1.15 bits per heavy atom. The van der Waals surface area contributed by atoms with Gasteiger partial charge in [-0.25, -0.2) is 9.18 Å². The average Bonchev–Trinajstić information content (AvgIpc) is 3.76. The molecule has 0 bridgehead atoms. The topological polar surface area (TPSA) is 114 Å². The van der Waals surface area contributed by atoms with Crippen LogP contribution >= 0.6 is 0 Å². The minimum atomic E-state index is -0.395. The third kappa shape index (κ3) is 17.1. The number of hydrogen-bond donors (Lipinski definition) is 3. The molecule has 41 heavy (non-hydrogen) atoms. The second-order valence-corrected chi connectivity index (χ2v) is 12.0. The van der Waals surface area contributed by atoms with Gasteiger partial charge in [0.2, 0.25) is 6.41 Å². The maximum absolute atomic E-state index is 13.7. The van der Waals surface area contributed by atoms with Crippen molar-refractivity contribution in [2.45, 2.75) is 103 Å².